The van der Waals surface area contributed by atoms with Crippen molar-refractivity contribution < 1.29 is 27.8 Å². The highest BCUT2D eigenvalue weighted by Crippen LogP contribution is 2.33. The first-order chi connectivity index (χ1) is 16.7. The third kappa shape index (κ3) is 6.06. The van der Waals surface area contributed by atoms with E-state index in [4.69, 9.17) is 9.47 Å². The third-order valence-electron chi connectivity index (χ3n) is 4.98. The van der Waals surface area contributed by atoms with Crippen LogP contribution in [0.15, 0.2) is 36.0 Å². The van der Waals surface area contributed by atoms with Gasteiger partial charge >= 0.3 is 5.97 Å². The zero-order chi connectivity index (χ0) is 25.7. The van der Waals surface area contributed by atoms with E-state index in [-0.39, 0.29) is 17.4 Å². The molecule has 35 heavy (non-hydrogen) atoms. The Kier molecular flexibility index (Phi) is 8.62. The van der Waals surface area contributed by atoms with Crippen molar-refractivity contribution in [1.82, 2.24) is 14.8 Å². The molecule has 2 aromatic heterocycles. The molecule has 2 heterocycles. The molecule has 12 heteroatoms. The fourth-order valence-corrected chi connectivity index (χ4v) is 5.00. The third-order valence-corrected chi connectivity index (χ3v) is 7.07. The molecule has 0 fully saturated rings. The monoisotopic (exact) mass is 522 g/mol. The van der Waals surface area contributed by atoms with Gasteiger partial charge in [-0.1, -0.05) is 17.8 Å². The van der Waals surface area contributed by atoms with E-state index >= 15 is 0 Å². The summed E-state index contributed by atoms with van der Waals surface area (Å²) < 4.78 is 39.3. The number of nitrogens with zero attached hydrogens (tertiary/aromatic N) is 3. The van der Waals surface area contributed by atoms with Crippen LogP contribution in [0.1, 0.15) is 39.7 Å². The summed E-state index contributed by atoms with van der Waals surface area (Å²) >= 11 is 2.43. The Morgan fingerprint density at radius 1 is 1.31 bits per heavy atom. The summed E-state index contributed by atoms with van der Waals surface area (Å²) in [6.07, 6.45) is 0.910. The summed E-state index contributed by atoms with van der Waals surface area (Å²) in [4.78, 5) is 25.7. The number of aromatic nitrogens is 3. The molecule has 186 valence electrons. The number of hydrogen-bond donors (Lipinski definition) is 1. The van der Waals surface area contributed by atoms with Gasteiger partial charge in [0, 0.05) is 17.5 Å². The molecule has 3 aromatic rings. The zero-order valence-corrected chi connectivity index (χ0v) is 21.2. The van der Waals surface area contributed by atoms with Crippen LogP contribution in [-0.2, 0) is 16.1 Å². The molecule has 1 unspecified atom stereocenters. The minimum atomic E-state index is -0.830. The Morgan fingerprint density at radius 3 is 2.71 bits per heavy atom. The van der Waals surface area contributed by atoms with Gasteiger partial charge in [-0.15, -0.1) is 28.1 Å². The Bertz CT molecular complexity index is 1260. The van der Waals surface area contributed by atoms with E-state index < -0.39 is 23.7 Å². The van der Waals surface area contributed by atoms with Crippen molar-refractivity contribution in [2.45, 2.75) is 38.6 Å². The van der Waals surface area contributed by atoms with Gasteiger partial charge in [-0.05, 0) is 38.5 Å². The summed E-state index contributed by atoms with van der Waals surface area (Å²) in [5.41, 5.74) is 1.09. The van der Waals surface area contributed by atoms with Crippen molar-refractivity contribution in [3.05, 3.63) is 64.3 Å². The van der Waals surface area contributed by atoms with E-state index in [0.717, 1.165) is 34.3 Å². The maximum absolute atomic E-state index is 14.0. The maximum Gasteiger partial charge on any atom is 0.341 e. The Balaban J connectivity index is 1.72. The number of aryl methyl sites for hydroxylation is 1. The van der Waals surface area contributed by atoms with Crippen LogP contribution >= 0.6 is 23.1 Å². The van der Waals surface area contributed by atoms with Crippen molar-refractivity contribution in [2.24, 2.45) is 0 Å². The number of esters is 1. The molecule has 3 rings (SSSR count). The van der Waals surface area contributed by atoms with E-state index in [9.17, 15) is 18.4 Å². The number of thiophene rings is 1. The number of benzene rings is 1. The van der Waals surface area contributed by atoms with Crippen molar-refractivity contribution in [1.29, 1.82) is 0 Å². The van der Waals surface area contributed by atoms with Crippen LogP contribution in [0.3, 0.4) is 0 Å². The average molecular weight is 523 g/mol. The van der Waals surface area contributed by atoms with Crippen LogP contribution in [0, 0.1) is 25.5 Å². The van der Waals surface area contributed by atoms with Gasteiger partial charge in [0.05, 0.1) is 18.4 Å². The fraction of sp³-hybridized carbons (Fsp3) is 0.304. The smallest absolute Gasteiger partial charge is 0.341 e. The van der Waals surface area contributed by atoms with E-state index in [1.165, 1.54) is 24.5 Å². The molecule has 0 spiro atoms. The molecular formula is C23H24F2N4O4S2. The second kappa shape index (κ2) is 11.5. The quantitative estimate of drug-likeness (QED) is 0.225. The number of amides is 1. The molecule has 1 aromatic carbocycles. The van der Waals surface area contributed by atoms with Gasteiger partial charge in [0.15, 0.2) is 28.7 Å². The highest BCUT2D eigenvalue weighted by Gasteiger charge is 2.23. The summed E-state index contributed by atoms with van der Waals surface area (Å²) in [5.74, 6) is -2.14. The first kappa shape index (κ1) is 26.4. The van der Waals surface area contributed by atoms with Gasteiger partial charge in [-0.2, -0.15) is 0 Å². The molecule has 0 saturated carbocycles. The molecule has 1 N–H and O–H groups in total. The van der Waals surface area contributed by atoms with Crippen LogP contribution in [0.2, 0.25) is 0 Å². The number of hydrogen-bond acceptors (Lipinski definition) is 8. The summed E-state index contributed by atoms with van der Waals surface area (Å²) in [6.45, 7) is 9.36. The largest absolute Gasteiger partial charge is 0.480 e. The van der Waals surface area contributed by atoms with Crippen LogP contribution in [0.5, 0.6) is 5.75 Å². The zero-order valence-electron chi connectivity index (χ0n) is 19.6. The Hall–Kier alpha value is -3.25. The van der Waals surface area contributed by atoms with E-state index in [2.05, 4.69) is 22.1 Å². The lowest BCUT2D eigenvalue weighted by molar-refractivity contribution is -0.113. The molecule has 0 bridgehead atoms. The second-order valence-corrected chi connectivity index (χ2v) is 9.56. The number of anilines is 1. The minimum Gasteiger partial charge on any atom is -0.480 e. The second-order valence-electron chi connectivity index (χ2n) is 7.39. The van der Waals surface area contributed by atoms with Gasteiger partial charge in [-0.3, -0.25) is 9.36 Å². The van der Waals surface area contributed by atoms with Crippen molar-refractivity contribution in [3.8, 4) is 5.75 Å². The molecule has 0 aliphatic heterocycles. The number of nitrogens with one attached hydrogen (secondary N) is 1. The molecule has 1 amide bonds. The van der Waals surface area contributed by atoms with Gasteiger partial charge in [0.2, 0.25) is 5.91 Å². The first-order valence-corrected chi connectivity index (χ1v) is 12.2. The molecular weight excluding hydrogens is 498 g/mol. The first-order valence-electron chi connectivity index (χ1n) is 10.4. The number of carbonyl (C=O) groups is 2. The van der Waals surface area contributed by atoms with Gasteiger partial charge in [0.1, 0.15) is 10.8 Å². The molecule has 0 aliphatic carbocycles. The normalized spacial score (nSPS) is 11.7. The summed E-state index contributed by atoms with van der Waals surface area (Å²) in [6, 6.07) is 3.03. The summed E-state index contributed by atoms with van der Waals surface area (Å²) in [7, 11) is 1.29. The van der Waals surface area contributed by atoms with Crippen LogP contribution in [0.4, 0.5) is 13.8 Å². The SMILES string of the molecule is C=CCn1c(SCC(=O)Nc2sc(C)c(C)c2C(=O)OC)nnc1C(C)Oc1ccc(F)cc1F. The summed E-state index contributed by atoms with van der Waals surface area (Å²) in [5, 5.41) is 11.9. The minimum absolute atomic E-state index is 0.00624. The van der Waals surface area contributed by atoms with E-state index in [0.29, 0.717) is 28.1 Å². The van der Waals surface area contributed by atoms with Crippen molar-refractivity contribution in [3.63, 3.8) is 0 Å². The molecule has 0 aliphatic rings. The lowest BCUT2D eigenvalue weighted by Crippen LogP contribution is -2.17. The van der Waals surface area contributed by atoms with Crippen molar-refractivity contribution >= 4 is 40.0 Å². The number of carbonyl (C=O) groups excluding carboxylic acids is 2. The average Bonchev–Trinajstić information content (AvgIpc) is 3.34. The lowest BCUT2D eigenvalue weighted by atomic mass is 10.1. The standard InChI is InChI=1S/C23H24F2N4O4S2/c1-6-9-29-20(13(3)33-17-8-7-15(24)10-16(17)25)27-28-23(29)34-11-18(30)26-21-19(22(31)32-5)12(2)14(4)35-21/h6-8,10,13H,1,9,11H2,2-5H3,(H,26,30). The Morgan fingerprint density at radius 2 is 2.06 bits per heavy atom. The maximum atomic E-state index is 14.0. The predicted octanol–water partition coefficient (Wildman–Crippen LogP) is 5.08. The number of ether oxygens (including phenoxy) is 2. The lowest BCUT2D eigenvalue weighted by Gasteiger charge is -2.16. The number of methoxy groups -OCH3 is 1. The topological polar surface area (TPSA) is 95.3 Å². The van der Waals surface area contributed by atoms with E-state index in [1.54, 1.807) is 24.5 Å². The van der Waals surface area contributed by atoms with Gasteiger partial charge in [-0.25, -0.2) is 13.6 Å². The number of allylic oxidation sites excluding steroid dienone is 1. The number of thioether (sulfide) groups is 1. The van der Waals surface area contributed by atoms with Crippen LogP contribution in [0.25, 0.3) is 0 Å². The predicted molar refractivity (Wildman–Crippen MR) is 130 cm³/mol. The highest BCUT2D eigenvalue weighted by atomic mass is 32.2. The fourth-order valence-electron chi connectivity index (χ4n) is 3.18. The Labute approximate surface area is 209 Å². The number of rotatable bonds is 10. The van der Waals surface area contributed by atoms with Crippen LogP contribution < -0.4 is 10.1 Å². The number of halogens is 2. The molecule has 8 nitrogen and oxygen atoms in total. The molecule has 0 saturated heterocycles. The van der Waals surface area contributed by atoms with Gasteiger partial charge in [0.25, 0.3) is 0 Å². The molecule has 0 radical (unpaired) electrons. The van der Waals surface area contributed by atoms with Crippen LogP contribution in [-0.4, -0.2) is 39.5 Å². The molecule has 1 atom stereocenters. The van der Waals surface area contributed by atoms with Gasteiger partial charge < -0.3 is 14.8 Å². The van der Waals surface area contributed by atoms with Crippen molar-refractivity contribution in [2.75, 3.05) is 18.2 Å². The van der Waals surface area contributed by atoms with E-state index in [1.807, 2.05) is 6.92 Å². The highest BCUT2D eigenvalue weighted by molar-refractivity contribution is 7.99.